The van der Waals surface area contributed by atoms with Gasteiger partial charge in [0.1, 0.15) is 16.8 Å². The van der Waals surface area contributed by atoms with Gasteiger partial charge in [-0.3, -0.25) is 4.40 Å². The standard InChI is InChI=1S/C46H32N2O/c1-46(2)38-15-7-6-13-35(38)36-24-22-33(28-39(36)46)32-23-25-40-37(27-32)43-34(14-10-16-41(43)49-40)29-18-20-31(21-19-29)45-44(30-11-4-3-5-12-30)47-42-17-8-9-26-48(42)45/h3-28H,1-2H3. The van der Waals surface area contributed by atoms with Gasteiger partial charge in [-0.1, -0.05) is 129 Å². The van der Waals surface area contributed by atoms with Gasteiger partial charge < -0.3 is 4.42 Å². The van der Waals surface area contributed by atoms with Crippen LogP contribution in [0.3, 0.4) is 0 Å². The largest absolute Gasteiger partial charge is 0.456 e. The summed E-state index contributed by atoms with van der Waals surface area (Å²) in [6.45, 7) is 4.67. The zero-order valence-electron chi connectivity index (χ0n) is 27.3. The van der Waals surface area contributed by atoms with E-state index in [2.05, 4.69) is 164 Å². The first-order valence-electron chi connectivity index (χ1n) is 16.9. The summed E-state index contributed by atoms with van der Waals surface area (Å²) in [4.78, 5) is 5.03. The van der Waals surface area contributed by atoms with Crippen molar-refractivity contribution in [3.63, 3.8) is 0 Å². The van der Waals surface area contributed by atoms with Gasteiger partial charge in [-0.05, 0) is 80.9 Å². The summed E-state index contributed by atoms with van der Waals surface area (Å²) in [7, 11) is 0. The van der Waals surface area contributed by atoms with Gasteiger partial charge in [-0.15, -0.1) is 0 Å². The van der Waals surface area contributed by atoms with Gasteiger partial charge in [0.2, 0.25) is 0 Å². The molecule has 0 atom stereocenters. The highest BCUT2D eigenvalue weighted by atomic mass is 16.3. The van der Waals surface area contributed by atoms with E-state index in [1.165, 1.54) is 33.4 Å². The number of hydrogen-bond donors (Lipinski definition) is 0. The Labute approximate surface area is 284 Å². The smallest absolute Gasteiger partial charge is 0.137 e. The Kier molecular flexibility index (Phi) is 5.92. The molecule has 0 N–H and O–H groups in total. The average molecular weight is 629 g/mol. The first-order valence-corrected chi connectivity index (χ1v) is 16.9. The number of furan rings is 1. The molecule has 3 heterocycles. The SMILES string of the molecule is CC1(C)c2ccccc2-c2ccc(-c3ccc4oc5cccc(-c6ccc(-c7c(-c8ccccc8)nc8ccccn78)cc6)c5c4c3)cc21. The van der Waals surface area contributed by atoms with Crippen molar-refractivity contribution < 1.29 is 4.42 Å². The van der Waals surface area contributed by atoms with E-state index < -0.39 is 0 Å². The van der Waals surface area contributed by atoms with Crippen LogP contribution in [-0.2, 0) is 5.41 Å². The first kappa shape index (κ1) is 27.9. The molecule has 0 fully saturated rings. The first-order chi connectivity index (χ1) is 24.0. The maximum Gasteiger partial charge on any atom is 0.137 e. The molecule has 1 aliphatic carbocycles. The van der Waals surface area contributed by atoms with Gasteiger partial charge in [-0.25, -0.2) is 4.98 Å². The Morgan fingerprint density at radius 3 is 2.08 bits per heavy atom. The molecule has 49 heavy (non-hydrogen) atoms. The van der Waals surface area contributed by atoms with Crippen LogP contribution in [0.5, 0.6) is 0 Å². The number of aromatic nitrogens is 2. The zero-order chi connectivity index (χ0) is 32.7. The predicted octanol–water partition coefficient (Wildman–Crippen LogP) is 12.2. The van der Waals surface area contributed by atoms with Crippen LogP contribution in [0.2, 0.25) is 0 Å². The monoisotopic (exact) mass is 628 g/mol. The van der Waals surface area contributed by atoms with Gasteiger partial charge >= 0.3 is 0 Å². The van der Waals surface area contributed by atoms with Crippen LogP contribution in [0.25, 0.3) is 83.5 Å². The molecular weight excluding hydrogens is 597 g/mol. The minimum Gasteiger partial charge on any atom is -0.456 e. The molecule has 10 rings (SSSR count). The number of hydrogen-bond acceptors (Lipinski definition) is 2. The summed E-state index contributed by atoms with van der Waals surface area (Å²) in [6, 6.07) is 54.2. The second kappa shape index (κ2) is 10.4. The summed E-state index contributed by atoms with van der Waals surface area (Å²) in [5, 5.41) is 2.27. The highest BCUT2D eigenvalue weighted by Gasteiger charge is 2.35. The lowest BCUT2D eigenvalue weighted by Gasteiger charge is -2.22. The number of nitrogens with zero attached hydrogens (tertiary/aromatic N) is 2. The van der Waals surface area contributed by atoms with Gasteiger partial charge in [0.25, 0.3) is 0 Å². The maximum atomic E-state index is 6.44. The van der Waals surface area contributed by atoms with E-state index in [1.807, 2.05) is 12.1 Å². The van der Waals surface area contributed by atoms with Crippen molar-refractivity contribution in [2.24, 2.45) is 0 Å². The molecule has 3 heteroatoms. The average Bonchev–Trinajstić information content (AvgIpc) is 3.80. The fourth-order valence-electron chi connectivity index (χ4n) is 8.01. The molecule has 1 aliphatic rings. The second-order valence-corrected chi connectivity index (χ2v) is 13.6. The van der Waals surface area contributed by atoms with Gasteiger partial charge in [0.05, 0.1) is 11.4 Å². The molecular formula is C46H32N2O. The van der Waals surface area contributed by atoms with E-state index in [9.17, 15) is 0 Å². The lowest BCUT2D eigenvalue weighted by molar-refractivity contribution is 0.660. The third kappa shape index (κ3) is 4.19. The van der Waals surface area contributed by atoms with Gasteiger partial charge in [0, 0.05) is 33.5 Å². The lowest BCUT2D eigenvalue weighted by Crippen LogP contribution is -2.14. The Hall–Kier alpha value is -6.19. The number of fused-ring (bicyclic) bond motifs is 7. The maximum absolute atomic E-state index is 6.44. The Morgan fingerprint density at radius 1 is 0.510 bits per heavy atom. The zero-order valence-corrected chi connectivity index (χ0v) is 27.3. The van der Waals surface area contributed by atoms with Gasteiger partial charge in [-0.2, -0.15) is 0 Å². The summed E-state index contributed by atoms with van der Waals surface area (Å²) in [6.07, 6.45) is 2.09. The van der Waals surface area contributed by atoms with E-state index in [4.69, 9.17) is 9.40 Å². The lowest BCUT2D eigenvalue weighted by atomic mass is 9.81. The number of pyridine rings is 1. The second-order valence-electron chi connectivity index (χ2n) is 13.6. The van der Waals surface area contributed by atoms with E-state index >= 15 is 0 Å². The molecule has 232 valence electrons. The molecule has 0 bridgehead atoms. The summed E-state index contributed by atoms with van der Waals surface area (Å²) < 4.78 is 8.62. The minimum atomic E-state index is -0.0429. The van der Waals surface area contributed by atoms with Gasteiger partial charge in [0.15, 0.2) is 0 Å². The highest BCUT2D eigenvalue weighted by molar-refractivity contribution is 6.13. The topological polar surface area (TPSA) is 30.4 Å². The normalized spacial score (nSPS) is 13.3. The Balaban J connectivity index is 1.08. The fraction of sp³-hybridized carbons (Fsp3) is 0.0652. The molecule has 0 aliphatic heterocycles. The van der Waals surface area contributed by atoms with E-state index in [-0.39, 0.29) is 5.41 Å². The number of imidazole rings is 1. The fourth-order valence-corrected chi connectivity index (χ4v) is 8.01. The van der Waals surface area contributed by atoms with Crippen LogP contribution in [0, 0.1) is 0 Å². The molecule has 0 saturated carbocycles. The van der Waals surface area contributed by atoms with Crippen molar-refractivity contribution in [2.45, 2.75) is 19.3 Å². The van der Waals surface area contributed by atoms with Crippen LogP contribution >= 0.6 is 0 Å². The molecule has 0 spiro atoms. The van der Waals surface area contributed by atoms with E-state index in [0.717, 1.165) is 61.2 Å². The van der Waals surface area contributed by atoms with Crippen molar-refractivity contribution >= 4 is 27.6 Å². The molecule has 3 aromatic heterocycles. The summed E-state index contributed by atoms with van der Waals surface area (Å²) in [5.74, 6) is 0. The molecule has 9 aromatic rings. The van der Waals surface area contributed by atoms with E-state index in [0.29, 0.717) is 0 Å². The van der Waals surface area contributed by atoms with E-state index in [1.54, 1.807) is 0 Å². The van der Waals surface area contributed by atoms with Crippen molar-refractivity contribution in [2.75, 3.05) is 0 Å². The van der Waals surface area contributed by atoms with Crippen molar-refractivity contribution in [1.29, 1.82) is 0 Å². The van der Waals surface area contributed by atoms with Crippen molar-refractivity contribution in [3.05, 3.63) is 169 Å². The van der Waals surface area contributed by atoms with Crippen LogP contribution in [0.1, 0.15) is 25.0 Å². The number of benzene rings is 6. The van der Waals surface area contributed by atoms with Crippen molar-refractivity contribution in [1.82, 2.24) is 9.38 Å². The predicted molar refractivity (Wildman–Crippen MR) is 202 cm³/mol. The molecule has 3 nitrogen and oxygen atoms in total. The third-order valence-electron chi connectivity index (χ3n) is 10.5. The van der Waals surface area contributed by atoms with Crippen LogP contribution < -0.4 is 0 Å². The third-order valence-corrected chi connectivity index (χ3v) is 10.5. The molecule has 0 amide bonds. The van der Waals surface area contributed by atoms with Crippen LogP contribution in [0.4, 0.5) is 0 Å². The summed E-state index contributed by atoms with van der Waals surface area (Å²) in [5.41, 5.74) is 17.2. The summed E-state index contributed by atoms with van der Waals surface area (Å²) >= 11 is 0. The highest BCUT2D eigenvalue weighted by Crippen LogP contribution is 2.50. The van der Waals surface area contributed by atoms with Crippen LogP contribution in [-0.4, -0.2) is 9.38 Å². The quantitative estimate of drug-likeness (QED) is 0.194. The van der Waals surface area contributed by atoms with Crippen molar-refractivity contribution in [3.8, 4) is 55.9 Å². The molecule has 0 saturated heterocycles. The van der Waals surface area contributed by atoms with Crippen LogP contribution in [0.15, 0.2) is 162 Å². The molecule has 6 aromatic carbocycles. The minimum absolute atomic E-state index is 0.0429. The Bertz CT molecular complexity index is 2730. The molecule has 0 radical (unpaired) electrons. The Morgan fingerprint density at radius 2 is 1.20 bits per heavy atom. The number of rotatable bonds is 4. The molecule has 0 unspecified atom stereocenters.